The lowest BCUT2D eigenvalue weighted by atomic mass is 9.91. The maximum atomic E-state index is 13.1. The van der Waals surface area contributed by atoms with Crippen LogP contribution in [0.5, 0.6) is 0 Å². The molecule has 0 bridgehead atoms. The highest BCUT2D eigenvalue weighted by Crippen LogP contribution is 2.29. The van der Waals surface area contributed by atoms with Crippen LogP contribution in [0.3, 0.4) is 0 Å². The van der Waals surface area contributed by atoms with E-state index in [-0.39, 0.29) is 29.8 Å². The first-order valence-corrected chi connectivity index (χ1v) is 10.5. The third kappa shape index (κ3) is 3.96. The quantitative estimate of drug-likeness (QED) is 0.831. The van der Waals surface area contributed by atoms with E-state index in [0.29, 0.717) is 31.5 Å². The van der Waals surface area contributed by atoms with Gasteiger partial charge >= 0.3 is 0 Å². The highest BCUT2D eigenvalue weighted by molar-refractivity contribution is 5.91. The molecule has 0 aromatic carbocycles. The molecule has 154 valence electrons. The van der Waals surface area contributed by atoms with E-state index in [1.807, 2.05) is 18.7 Å². The number of rotatable bonds is 5. The summed E-state index contributed by atoms with van der Waals surface area (Å²) in [5.41, 5.74) is 0.930. The molecule has 28 heavy (non-hydrogen) atoms. The second kappa shape index (κ2) is 8.25. The summed E-state index contributed by atoms with van der Waals surface area (Å²) in [5.74, 6) is 0.595. The summed E-state index contributed by atoms with van der Waals surface area (Å²) >= 11 is 0. The Hall–Kier alpha value is -1.86. The maximum absolute atomic E-state index is 13.1. The number of nitrogens with one attached hydrogen (secondary N) is 1. The van der Waals surface area contributed by atoms with Crippen LogP contribution in [0.1, 0.15) is 48.7 Å². The molecule has 0 radical (unpaired) electrons. The Kier molecular flexibility index (Phi) is 5.73. The van der Waals surface area contributed by atoms with Crippen molar-refractivity contribution >= 4 is 11.8 Å². The zero-order valence-electron chi connectivity index (χ0n) is 16.9. The first-order chi connectivity index (χ1) is 13.5. The number of carbonyl (C=O) groups excluding carboxylic acids is 2. The van der Waals surface area contributed by atoms with Crippen molar-refractivity contribution in [2.45, 2.75) is 57.7 Å². The third-order valence-electron chi connectivity index (χ3n) is 6.49. The van der Waals surface area contributed by atoms with Crippen LogP contribution in [0, 0.1) is 12.8 Å². The molecule has 7 nitrogen and oxygen atoms in total. The van der Waals surface area contributed by atoms with Crippen LogP contribution >= 0.6 is 0 Å². The van der Waals surface area contributed by atoms with E-state index in [0.717, 1.165) is 18.7 Å². The maximum Gasteiger partial charge on any atom is 0.287 e. The Bertz CT molecular complexity index is 706. The normalized spacial score (nSPS) is 25.5. The minimum atomic E-state index is -0.196. The topological polar surface area (TPSA) is 75.0 Å². The van der Waals surface area contributed by atoms with Crippen LogP contribution in [-0.2, 0) is 9.53 Å². The van der Waals surface area contributed by atoms with Crippen molar-refractivity contribution in [1.29, 1.82) is 0 Å². The van der Waals surface area contributed by atoms with Gasteiger partial charge in [0.25, 0.3) is 5.91 Å². The van der Waals surface area contributed by atoms with Gasteiger partial charge in [0.15, 0.2) is 5.76 Å². The molecule has 2 saturated heterocycles. The number of nitrogens with zero attached hydrogens (tertiary/aromatic N) is 2. The number of morpholine rings is 1. The van der Waals surface area contributed by atoms with Gasteiger partial charge in [-0.25, -0.2) is 0 Å². The lowest BCUT2D eigenvalue weighted by Gasteiger charge is -2.47. The van der Waals surface area contributed by atoms with Crippen LogP contribution in [0.2, 0.25) is 0 Å². The van der Waals surface area contributed by atoms with Gasteiger partial charge in [0.2, 0.25) is 5.91 Å². The number of aryl methyl sites for hydroxylation is 1. The molecule has 1 N–H and O–H groups in total. The largest absolute Gasteiger partial charge is 0.459 e. The number of ether oxygens (including phenoxy) is 1. The number of furan rings is 1. The van der Waals surface area contributed by atoms with Gasteiger partial charge in [-0.3, -0.25) is 14.5 Å². The molecule has 3 heterocycles. The molecule has 1 aromatic rings. The van der Waals surface area contributed by atoms with Gasteiger partial charge < -0.3 is 19.4 Å². The fraction of sp³-hybridized carbons (Fsp3) is 0.714. The average molecular weight is 389 g/mol. The molecule has 7 heteroatoms. The number of likely N-dealkylation sites (tertiary alicyclic amines) is 1. The first kappa shape index (κ1) is 19.5. The molecular weight excluding hydrogens is 358 g/mol. The predicted molar refractivity (Wildman–Crippen MR) is 104 cm³/mol. The van der Waals surface area contributed by atoms with Crippen molar-refractivity contribution in [3.63, 3.8) is 0 Å². The van der Waals surface area contributed by atoms with E-state index in [9.17, 15) is 9.59 Å². The molecule has 2 atom stereocenters. The number of hydrogen-bond donors (Lipinski definition) is 1. The second-order valence-electron chi connectivity index (χ2n) is 8.52. The Morgan fingerprint density at radius 2 is 2.00 bits per heavy atom. The van der Waals surface area contributed by atoms with Gasteiger partial charge in [-0.1, -0.05) is 12.8 Å². The summed E-state index contributed by atoms with van der Waals surface area (Å²) in [4.78, 5) is 29.6. The van der Waals surface area contributed by atoms with Crippen LogP contribution in [0.4, 0.5) is 0 Å². The zero-order valence-corrected chi connectivity index (χ0v) is 16.9. The molecule has 1 aromatic heterocycles. The summed E-state index contributed by atoms with van der Waals surface area (Å²) in [6.45, 7) is 7.34. The second-order valence-corrected chi connectivity index (χ2v) is 8.52. The van der Waals surface area contributed by atoms with Gasteiger partial charge in [-0.2, -0.15) is 0 Å². The Morgan fingerprint density at radius 1 is 1.25 bits per heavy atom. The summed E-state index contributed by atoms with van der Waals surface area (Å²) in [6.07, 6.45) is 6.50. The Labute approximate surface area is 166 Å². The van der Waals surface area contributed by atoms with E-state index in [1.165, 1.54) is 25.7 Å². The monoisotopic (exact) mass is 389 g/mol. The minimum Gasteiger partial charge on any atom is -0.459 e. The first-order valence-electron chi connectivity index (χ1n) is 10.5. The summed E-state index contributed by atoms with van der Waals surface area (Å²) in [6, 6.07) is 2.12. The van der Waals surface area contributed by atoms with Crippen molar-refractivity contribution < 1.29 is 18.7 Å². The molecule has 4 rings (SSSR count). The fourth-order valence-corrected chi connectivity index (χ4v) is 4.67. The molecule has 0 spiro atoms. The van der Waals surface area contributed by atoms with Crippen molar-refractivity contribution in [3.8, 4) is 0 Å². The molecule has 2 amide bonds. The Morgan fingerprint density at radius 3 is 2.68 bits per heavy atom. The fourth-order valence-electron chi connectivity index (χ4n) is 4.67. The standard InChI is InChI=1S/C21H31N3O4/c1-14-9-19(28-12-14)20(25)22-15(2)16-10-23(11-16)21(26)18-13-27-8-7-24(18)17-5-3-4-6-17/h9,12,15-18H,3-8,10-11,13H2,1-2H3,(H,22,25). The lowest BCUT2D eigenvalue weighted by Crippen LogP contribution is -2.64. The van der Waals surface area contributed by atoms with Gasteiger partial charge in [0, 0.05) is 37.6 Å². The van der Waals surface area contributed by atoms with Crippen molar-refractivity contribution in [3.05, 3.63) is 23.7 Å². The smallest absolute Gasteiger partial charge is 0.287 e. The highest BCUT2D eigenvalue weighted by Gasteiger charge is 2.42. The van der Waals surface area contributed by atoms with E-state index < -0.39 is 0 Å². The minimum absolute atomic E-state index is 0.00417. The lowest BCUT2D eigenvalue weighted by molar-refractivity contribution is -0.152. The summed E-state index contributed by atoms with van der Waals surface area (Å²) < 4.78 is 10.9. The van der Waals surface area contributed by atoms with E-state index in [4.69, 9.17) is 9.15 Å². The van der Waals surface area contributed by atoms with Crippen LogP contribution in [0.25, 0.3) is 0 Å². The molecule has 3 aliphatic rings. The van der Waals surface area contributed by atoms with Crippen LogP contribution < -0.4 is 5.32 Å². The number of hydrogen-bond acceptors (Lipinski definition) is 5. The van der Waals surface area contributed by atoms with Gasteiger partial charge in [-0.05, 0) is 38.3 Å². The van der Waals surface area contributed by atoms with E-state index >= 15 is 0 Å². The highest BCUT2D eigenvalue weighted by atomic mass is 16.5. The summed E-state index contributed by atoms with van der Waals surface area (Å²) in [7, 11) is 0. The molecule has 1 aliphatic carbocycles. The van der Waals surface area contributed by atoms with Crippen molar-refractivity contribution in [2.75, 3.05) is 32.8 Å². The molecular formula is C21H31N3O4. The van der Waals surface area contributed by atoms with Gasteiger partial charge in [0.1, 0.15) is 6.04 Å². The Balaban J connectivity index is 1.28. The van der Waals surface area contributed by atoms with E-state index in [2.05, 4.69) is 10.2 Å². The molecule has 2 aliphatic heterocycles. The SMILES string of the molecule is Cc1coc(C(=O)NC(C)C2CN(C(=O)C3COCCN3C3CCCC3)C2)c1. The average Bonchev–Trinajstić information content (AvgIpc) is 3.32. The third-order valence-corrected chi connectivity index (χ3v) is 6.49. The molecule has 2 unspecified atom stereocenters. The molecule has 3 fully saturated rings. The van der Waals surface area contributed by atoms with Crippen molar-refractivity contribution in [1.82, 2.24) is 15.1 Å². The van der Waals surface area contributed by atoms with Gasteiger partial charge in [-0.15, -0.1) is 0 Å². The van der Waals surface area contributed by atoms with Gasteiger partial charge in [0.05, 0.1) is 19.5 Å². The van der Waals surface area contributed by atoms with Crippen LogP contribution in [-0.4, -0.2) is 72.6 Å². The van der Waals surface area contributed by atoms with E-state index in [1.54, 1.807) is 12.3 Å². The molecule has 1 saturated carbocycles. The summed E-state index contributed by atoms with van der Waals surface area (Å²) in [5, 5.41) is 3.00. The number of amides is 2. The zero-order chi connectivity index (χ0) is 19.7. The number of carbonyl (C=O) groups is 2. The van der Waals surface area contributed by atoms with Crippen molar-refractivity contribution in [2.24, 2.45) is 5.92 Å². The predicted octanol–water partition coefficient (Wildman–Crippen LogP) is 1.81. The van der Waals surface area contributed by atoms with Crippen LogP contribution in [0.15, 0.2) is 16.7 Å².